The van der Waals surface area contributed by atoms with E-state index in [1.807, 2.05) is 25.2 Å². The molecule has 1 rings (SSSR count). The minimum atomic E-state index is 0.601. The van der Waals surface area contributed by atoms with Gasteiger partial charge >= 0.3 is 0 Å². The molecule has 1 aromatic carbocycles. The molecular formula is C14H20N2O2. The minimum absolute atomic E-state index is 0.601. The van der Waals surface area contributed by atoms with Crippen molar-refractivity contribution in [1.82, 2.24) is 4.90 Å². The number of benzene rings is 1. The first kappa shape index (κ1) is 14.3. The highest BCUT2D eigenvalue weighted by Gasteiger charge is 2.07. The third-order valence-electron chi connectivity index (χ3n) is 2.76. The number of hydrogen-bond acceptors (Lipinski definition) is 4. The molecule has 0 aliphatic rings. The van der Waals surface area contributed by atoms with E-state index >= 15 is 0 Å². The summed E-state index contributed by atoms with van der Waals surface area (Å²) in [6.45, 7) is 1.71. The minimum Gasteiger partial charge on any atom is -0.497 e. The van der Waals surface area contributed by atoms with Gasteiger partial charge in [-0.25, -0.2) is 0 Å². The molecule has 0 bridgehead atoms. The highest BCUT2D eigenvalue weighted by atomic mass is 16.5. The summed E-state index contributed by atoms with van der Waals surface area (Å²) in [6, 6.07) is 7.99. The van der Waals surface area contributed by atoms with Gasteiger partial charge in [0.25, 0.3) is 0 Å². The van der Waals surface area contributed by atoms with Crippen molar-refractivity contribution < 1.29 is 9.47 Å². The summed E-state index contributed by atoms with van der Waals surface area (Å²) in [5.74, 6) is 1.63. The van der Waals surface area contributed by atoms with Crippen molar-refractivity contribution in [1.29, 1.82) is 5.26 Å². The molecule has 0 amide bonds. The van der Waals surface area contributed by atoms with Crippen molar-refractivity contribution in [3.8, 4) is 17.6 Å². The fourth-order valence-corrected chi connectivity index (χ4v) is 1.78. The van der Waals surface area contributed by atoms with Gasteiger partial charge in [0.05, 0.1) is 20.3 Å². The largest absolute Gasteiger partial charge is 0.497 e. The smallest absolute Gasteiger partial charge is 0.127 e. The number of ether oxygens (including phenoxy) is 2. The first-order valence-electron chi connectivity index (χ1n) is 5.97. The van der Waals surface area contributed by atoms with Crippen LogP contribution in [0.25, 0.3) is 0 Å². The lowest BCUT2D eigenvalue weighted by atomic mass is 10.1. The molecular weight excluding hydrogens is 228 g/mol. The normalized spacial score (nSPS) is 10.2. The Morgan fingerprint density at radius 1 is 1.28 bits per heavy atom. The van der Waals surface area contributed by atoms with E-state index in [2.05, 4.69) is 11.0 Å². The molecule has 98 valence electrons. The van der Waals surface area contributed by atoms with E-state index in [1.165, 1.54) is 0 Å². The molecule has 0 saturated carbocycles. The molecule has 0 heterocycles. The van der Waals surface area contributed by atoms with Crippen LogP contribution in [0.1, 0.15) is 18.4 Å². The summed E-state index contributed by atoms with van der Waals surface area (Å²) in [7, 11) is 5.34. The average molecular weight is 248 g/mol. The van der Waals surface area contributed by atoms with Gasteiger partial charge in [0.2, 0.25) is 0 Å². The van der Waals surface area contributed by atoms with E-state index in [-0.39, 0.29) is 0 Å². The Morgan fingerprint density at radius 2 is 2.06 bits per heavy atom. The van der Waals surface area contributed by atoms with Gasteiger partial charge in [-0.15, -0.1) is 0 Å². The maximum atomic E-state index is 8.51. The number of rotatable bonds is 7. The molecule has 4 heteroatoms. The van der Waals surface area contributed by atoms with Gasteiger partial charge in [-0.3, -0.25) is 0 Å². The summed E-state index contributed by atoms with van der Waals surface area (Å²) in [6.07, 6.45) is 1.50. The predicted octanol–water partition coefficient (Wildman–Crippen LogP) is 2.44. The van der Waals surface area contributed by atoms with Crippen LogP contribution in [0.5, 0.6) is 11.5 Å². The molecule has 0 N–H and O–H groups in total. The second-order valence-corrected chi connectivity index (χ2v) is 4.18. The van der Waals surface area contributed by atoms with Crippen molar-refractivity contribution in [3.63, 3.8) is 0 Å². The molecule has 0 atom stereocenters. The first-order chi connectivity index (χ1) is 8.71. The maximum absolute atomic E-state index is 8.51. The summed E-state index contributed by atoms with van der Waals surface area (Å²) >= 11 is 0. The number of nitriles is 1. The Hall–Kier alpha value is -1.73. The van der Waals surface area contributed by atoms with Gasteiger partial charge in [-0.05, 0) is 26.1 Å². The summed E-state index contributed by atoms with van der Waals surface area (Å²) < 4.78 is 10.5. The van der Waals surface area contributed by atoms with Gasteiger partial charge in [0.1, 0.15) is 11.5 Å². The van der Waals surface area contributed by atoms with E-state index in [0.717, 1.165) is 36.6 Å². The van der Waals surface area contributed by atoms with Crippen molar-refractivity contribution in [2.24, 2.45) is 0 Å². The molecule has 1 aromatic rings. The lowest BCUT2D eigenvalue weighted by Gasteiger charge is -2.18. The molecule has 0 aromatic heterocycles. The molecule has 0 saturated heterocycles. The van der Waals surface area contributed by atoms with E-state index < -0.39 is 0 Å². The van der Waals surface area contributed by atoms with Crippen LogP contribution in [0.15, 0.2) is 18.2 Å². The molecule has 0 unspecified atom stereocenters. The van der Waals surface area contributed by atoms with Crippen LogP contribution in [0.4, 0.5) is 0 Å². The van der Waals surface area contributed by atoms with Crippen LogP contribution in [0.3, 0.4) is 0 Å². The van der Waals surface area contributed by atoms with Gasteiger partial charge in [0, 0.05) is 24.6 Å². The Kier molecular flexibility index (Phi) is 6.03. The van der Waals surface area contributed by atoms with Gasteiger partial charge in [0.15, 0.2) is 0 Å². The number of nitrogens with zero attached hydrogens (tertiary/aromatic N) is 2. The summed E-state index contributed by atoms with van der Waals surface area (Å²) in [5, 5.41) is 8.51. The Labute approximate surface area is 109 Å². The van der Waals surface area contributed by atoms with E-state index in [9.17, 15) is 0 Å². The Balaban J connectivity index is 2.63. The molecule has 18 heavy (non-hydrogen) atoms. The van der Waals surface area contributed by atoms with E-state index in [1.54, 1.807) is 14.2 Å². The van der Waals surface area contributed by atoms with Crippen molar-refractivity contribution in [3.05, 3.63) is 23.8 Å². The van der Waals surface area contributed by atoms with Crippen LogP contribution in [-0.4, -0.2) is 32.7 Å². The standard InChI is InChI=1S/C14H20N2O2/c1-16(9-5-4-8-15)11-12-6-7-13(17-2)10-14(12)18-3/h6-7,10H,4-5,9,11H2,1-3H3. The average Bonchev–Trinajstić information content (AvgIpc) is 2.39. The van der Waals surface area contributed by atoms with Crippen LogP contribution in [-0.2, 0) is 6.54 Å². The lowest BCUT2D eigenvalue weighted by molar-refractivity contribution is 0.313. The van der Waals surface area contributed by atoms with Crippen molar-refractivity contribution in [2.75, 3.05) is 27.8 Å². The van der Waals surface area contributed by atoms with Crippen LogP contribution < -0.4 is 9.47 Å². The number of unbranched alkanes of at least 4 members (excludes halogenated alkanes) is 1. The van der Waals surface area contributed by atoms with E-state index in [0.29, 0.717) is 6.42 Å². The zero-order chi connectivity index (χ0) is 13.4. The Morgan fingerprint density at radius 3 is 2.67 bits per heavy atom. The second kappa shape index (κ2) is 7.57. The monoisotopic (exact) mass is 248 g/mol. The van der Waals surface area contributed by atoms with Crippen LogP contribution in [0.2, 0.25) is 0 Å². The summed E-state index contributed by atoms with van der Waals surface area (Å²) in [5.41, 5.74) is 1.12. The van der Waals surface area contributed by atoms with Crippen molar-refractivity contribution >= 4 is 0 Å². The topological polar surface area (TPSA) is 45.5 Å². The SMILES string of the molecule is COc1ccc(CN(C)CCCC#N)c(OC)c1. The van der Waals surface area contributed by atoms with Gasteiger partial charge in [-0.1, -0.05) is 6.07 Å². The lowest BCUT2D eigenvalue weighted by Crippen LogP contribution is -2.19. The predicted molar refractivity (Wildman–Crippen MR) is 70.7 cm³/mol. The van der Waals surface area contributed by atoms with Crippen LogP contribution in [0, 0.1) is 11.3 Å². The molecule has 4 nitrogen and oxygen atoms in total. The third-order valence-corrected chi connectivity index (χ3v) is 2.76. The van der Waals surface area contributed by atoms with Gasteiger partial charge in [-0.2, -0.15) is 5.26 Å². The first-order valence-corrected chi connectivity index (χ1v) is 5.97. The zero-order valence-corrected chi connectivity index (χ0v) is 11.3. The molecule has 0 fully saturated rings. The number of methoxy groups -OCH3 is 2. The van der Waals surface area contributed by atoms with Crippen molar-refractivity contribution in [2.45, 2.75) is 19.4 Å². The second-order valence-electron chi connectivity index (χ2n) is 4.18. The highest BCUT2D eigenvalue weighted by Crippen LogP contribution is 2.25. The highest BCUT2D eigenvalue weighted by molar-refractivity contribution is 5.40. The quantitative estimate of drug-likeness (QED) is 0.695. The van der Waals surface area contributed by atoms with Crippen LogP contribution >= 0.6 is 0 Å². The fourth-order valence-electron chi connectivity index (χ4n) is 1.78. The van der Waals surface area contributed by atoms with E-state index in [4.69, 9.17) is 14.7 Å². The molecule has 0 aliphatic heterocycles. The maximum Gasteiger partial charge on any atom is 0.127 e. The molecule has 0 spiro atoms. The number of hydrogen-bond donors (Lipinski definition) is 0. The molecule has 0 aliphatic carbocycles. The van der Waals surface area contributed by atoms with Gasteiger partial charge < -0.3 is 14.4 Å². The fraction of sp³-hybridized carbons (Fsp3) is 0.500. The zero-order valence-electron chi connectivity index (χ0n) is 11.3. The summed E-state index contributed by atoms with van der Waals surface area (Å²) in [4.78, 5) is 2.18. The third kappa shape index (κ3) is 4.27. The molecule has 0 radical (unpaired) electrons. The Bertz CT molecular complexity index is 413.